The van der Waals surface area contributed by atoms with Gasteiger partial charge in [0.05, 0.1) is 0 Å². The summed E-state index contributed by atoms with van der Waals surface area (Å²) in [5.74, 6) is 0.127. The highest BCUT2D eigenvalue weighted by Gasteiger charge is 2.31. The minimum absolute atomic E-state index is 0.0332. The number of nitrogens with one attached hydrogen (secondary N) is 1. The number of fused-ring (bicyclic) bond motifs is 2. The quantitative estimate of drug-likeness (QED) is 0.929. The van der Waals surface area contributed by atoms with Gasteiger partial charge in [-0.15, -0.1) is 0 Å². The van der Waals surface area contributed by atoms with E-state index < -0.39 is 6.61 Å². The van der Waals surface area contributed by atoms with Crippen LogP contribution in [0.15, 0.2) is 12.1 Å². The summed E-state index contributed by atoms with van der Waals surface area (Å²) in [6.07, 6.45) is 3.25. The van der Waals surface area contributed by atoms with Crippen molar-refractivity contribution < 1.29 is 18.3 Å². The molecule has 1 aromatic rings. The predicted molar refractivity (Wildman–Crippen MR) is 83.0 cm³/mol. The van der Waals surface area contributed by atoms with Crippen molar-refractivity contribution in [3.8, 4) is 5.75 Å². The van der Waals surface area contributed by atoms with Gasteiger partial charge in [0.1, 0.15) is 5.75 Å². The first-order valence-electron chi connectivity index (χ1n) is 8.05. The molecule has 2 unspecified atom stereocenters. The average Bonchev–Trinajstić information content (AvgIpc) is 2.81. The molecule has 1 amide bonds. The second-order valence-corrected chi connectivity index (χ2v) is 6.50. The minimum Gasteiger partial charge on any atom is -0.434 e. The van der Waals surface area contributed by atoms with Crippen LogP contribution in [0.4, 0.5) is 8.78 Å². The number of ether oxygens (including phenoxy) is 1. The van der Waals surface area contributed by atoms with Gasteiger partial charge in [0, 0.05) is 30.7 Å². The van der Waals surface area contributed by atoms with Crippen LogP contribution < -0.4 is 10.1 Å². The smallest absolute Gasteiger partial charge is 0.387 e. The van der Waals surface area contributed by atoms with E-state index in [1.54, 1.807) is 26.0 Å². The molecule has 2 saturated heterocycles. The molecular formula is C17H22F2N2O2. The zero-order chi connectivity index (χ0) is 16.6. The van der Waals surface area contributed by atoms with Crippen LogP contribution in [0.1, 0.15) is 40.7 Å². The number of halogens is 2. The Bertz CT molecular complexity index is 583. The molecule has 2 atom stereocenters. The van der Waals surface area contributed by atoms with Crippen LogP contribution in [0.3, 0.4) is 0 Å². The zero-order valence-corrected chi connectivity index (χ0v) is 13.4. The number of alkyl halides is 2. The second-order valence-electron chi connectivity index (χ2n) is 6.50. The van der Waals surface area contributed by atoms with Gasteiger partial charge in [-0.3, -0.25) is 4.79 Å². The van der Waals surface area contributed by atoms with Gasteiger partial charge in [0.15, 0.2) is 0 Å². The Morgan fingerprint density at radius 3 is 2.52 bits per heavy atom. The molecule has 0 aliphatic carbocycles. The van der Waals surface area contributed by atoms with Gasteiger partial charge >= 0.3 is 6.61 Å². The third-order valence-corrected chi connectivity index (χ3v) is 4.72. The van der Waals surface area contributed by atoms with Crippen LogP contribution in [0.2, 0.25) is 0 Å². The van der Waals surface area contributed by atoms with Crippen LogP contribution in [0.5, 0.6) is 5.75 Å². The molecule has 23 heavy (non-hydrogen) atoms. The van der Waals surface area contributed by atoms with E-state index >= 15 is 0 Å². The Hall–Kier alpha value is -1.69. The number of benzene rings is 1. The van der Waals surface area contributed by atoms with Gasteiger partial charge in [0.25, 0.3) is 5.91 Å². The number of likely N-dealkylation sites (tertiary alicyclic amines) is 1. The van der Waals surface area contributed by atoms with Crippen LogP contribution in [-0.2, 0) is 0 Å². The molecule has 2 bridgehead atoms. The van der Waals surface area contributed by atoms with Crippen LogP contribution in [0.25, 0.3) is 0 Å². The molecule has 1 N–H and O–H groups in total. The van der Waals surface area contributed by atoms with E-state index in [0.717, 1.165) is 19.4 Å². The molecule has 0 aromatic heterocycles. The van der Waals surface area contributed by atoms with Crippen LogP contribution in [-0.4, -0.2) is 42.6 Å². The molecular weight excluding hydrogens is 302 g/mol. The monoisotopic (exact) mass is 324 g/mol. The first kappa shape index (κ1) is 16.2. The van der Waals surface area contributed by atoms with Gasteiger partial charge in [-0.1, -0.05) is 0 Å². The van der Waals surface area contributed by atoms with Crippen LogP contribution in [0, 0.1) is 13.8 Å². The summed E-state index contributed by atoms with van der Waals surface area (Å²) in [6.45, 7) is 1.96. The van der Waals surface area contributed by atoms with Crippen molar-refractivity contribution in [1.82, 2.24) is 10.2 Å². The van der Waals surface area contributed by atoms with E-state index in [-0.39, 0.29) is 11.7 Å². The molecule has 3 rings (SSSR count). The molecule has 6 heteroatoms. The standard InChI is InChI=1S/C17H22F2N2O2/c1-10-7-12(8-11(2)15(10)23-17(18)19)16(22)21-6-5-13-3-4-14(9-21)20-13/h7-8,13-14,17,20H,3-6,9H2,1-2H3. The van der Waals surface area contributed by atoms with Gasteiger partial charge in [-0.05, 0) is 56.4 Å². The molecule has 0 radical (unpaired) electrons. The first-order valence-corrected chi connectivity index (χ1v) is 8.05. The largest absolute Gasteiger partial charge is 0.434 e. The van der Waals surface area contributed by atoms with E-state index in [1.807, 2.05) is 4.90 Å². The molecule has 0 saturated carbocycles. The van der Waals surface area contributed by atoms with Gasteiger partial charge in [-0.2, -0.15) is 8.78 Å². The van der Waals surface area contributed by atoms with Crippen molar-refractivity contribution in [2.75, 3.05) is 13.1 Å². The highest BCUT2D eigenvalue weighted by atomic mass is 19.3. The topological polar surface area (TPSA) is 41.6 Å². The Labute approximate surface area is 134 Å². The Kier molecular flexibility index (Phi) is 4.53. The SMILES string of the molecule is Cc1cc(C(=O)N2CCC3CCC(C2)N3)cc(C)c1OC(F)F. The lowest BCUT2D eigenvalue weighted by molar-refractivity contribution is -0.0507. The third-order valence-electron chi connectivity index (χ3n) is 4.72. The maximum Gasteiger partial charge on any atom is 0.387 e. The van der Waals surface area contributed by atoms with Crippen molar-refractivity contribution in [2.45, 2.75) is 51.8 Å². The second kappa shape index (κ2) is 6.43. The summed E-state index contributed by atoms with van der Waals surface area (Å²) >= 11 is 0. The molecule has 2 heterocycles. The fourth-order valence-corrected chi connectivity index (χ4v) is 3.66. The minimum atomic E-state index is -2.86. The summed E-state index contributed by atoms with van der Waals surface area (Å²) in [5, 5.41) is 3.55. The highest BCUT2D eigenvalue weighted by molar-refractivity contribution is 5.95. The number of carbonyl (C=O) groups is 1. The van der Waals surface area contributed by atoms with Crippen molar-refractivity contribution >= 4 is 5.91 Å². The number of nitrogens with zero attached hydrogens (tertiary/aromatic N) is 1. The Morgan fingerprint density at radius 2 is 1.87 bits per heavy atom. The Morgan fingerprint density at radius 1 is 1.22 bits per heavy atom. The molecule has 2 aliphatic rings. The third kappa shape index (κ3) is 3.47. The first-order chi connectivity index (χ1) is 10.9. The van der Waals surface area contributed by atoms with Crippen LogP contribution >= 0.6 is 0 Å². The fourth-order valence-electron chi connectivity index (χ4n) is 3.66. The maximum absolute atomic E-state index is 12.8. The van der Waals surface area contributed by atoms with Crippen molar-refractivity contribution in [3.05, 3.63) is 28.8 Å². The van der Waals surface area contributed by atoms with E-state index in [0.29, 0.717) is 35.3 Å². The number of hydrogen-bond acceptors (Lipinski definition) is 3. The molecule has 1 aromatic carbocycles. The van der Waals surface area contributed by atoms with Crippen molar-refractivity contribution in [3.63, 3.8) is 0 Å². The zero-order valence-electron chi connectivity index (χ0n) is 13.4. The number of carbonyl (C=O) groups excluding carboxylic acids is 1. The lowest BCUT2D eigenvalue weighted by Crippen LogP contribution is -2.39. The van der Waals surface area contributed by atoms with E-state index in [2.05, 4.69) is 10.1 Å². The number of hydrogen-bond donors (Lipinski definition) is 1. The average molecular weight is 324 g/mol. The number of aryl methyl sites for hydroxylation is 2. The summed E-state index contributed by atoms with van der Waals surface area (Å²) in [7, 11) is 0. The Balaban J connectivity index is 1.79. The van der Waals surface area contributed by atoms with Gasteiger partial charge in [-0.25, -0.2) is 0 Å². The summed E-state index contributed by atoms with van der Waals surface area (Å²) < 4.78 is 29.5. The predicted octanol–water partition coefficient (Wildman–Crippen LogP) is 2.87. The van der Waals surface area contributed by atoms with E-state index in [9.17, 15) is 13.6 Å². The molecule has 4 nitrogen and oxygen atoms in total. The lowest BCUT2D eigenvalue weighted by atomic mass is 10.0. The maximum atomic E-state index is 12.8. The van der Waals surface area contributed by atoms with Gasteiger partial charge in [0.2, 0.25) is 0 Å². The van der Waals surface area contributed by atoms with Gasteiger partial charge < -0.3 is 15.0 Å². The fraction of sp³-hybridized carbons (Fsp3) is 0.588. The molecule has 0 spiro atoms. The van der Waals surface area contributed by atoms with Crippen molar-refractivity contribution in [1.29, 1.82) is 0 Å². The highest BCUT2D eigenvalue weighted by Crippen LogP contribution is 2.28. The molecule has 2 fully saturated rings. The molecule has 2 aliphatic heterocycles. The lowest BCUT2D eigenvalue weighted by Gasteiger charge is -2.25. The number of amides is 1. The summed E-state index contributed by atoms with van der Waals surface area (Å²) in [4.78, 5) is 14.6. The normalized spacial score (nSPS) is 24.0. The summed E-state index contributed by atoms with van der Waals surface area (Å²) in [6, 6.07) is 4.17. The van der Waals surface area contributed by atoms with E-state index in [4.69, 9.17) is 0 Å². The van der Waals surface area contributed by atoms with E-state index in [1.165, 1.54) is 6.42 Å². The number of rotatable bonds is 3. The van der Waals surface area contributed by atoms with Crippen molar-refractivity contribution in [2.24, 2.45) is 0 Å². The molecule has 126 valence electrons. The summed E-state index contributed by atoms with van der Waals surface area (Å²) in [5.41, 5.74) is 1.66.